The standard InChI is InChI=1S/C21H25ClN4O3/c1-4-29-11-5-10-23-18(27)12-25-13-24-20-19(21(25)28)14(2)15(3)26(20)17-8-6-16(22)7-9-17/h6-9,13H,4-5,10-12H2,1-3H3,(H,23,27). The van der Waals surface area contributed by atoms with Crippen LogP contribution in [0, 0.1) is 13.8 Å². The van der Waals surface area contributed by atoms with E-state index in [4.69, 9.17) is 16.3 Å². The molecule has 1 amide bonds. The molecule has 0 fully saturated rings. The summed E-state index contributed by atoms with van der Waals surface area (Å²) in [5, 5.41) is 3.96. The number of fused-ring (bicyclic) bond motifs is 1. The number of ether oxygens (including phenoxy) is 1. The second kappa shape index (κ2) is 9.24. The smallest absolute Gasteiger partial charge is 0.263 e. The Morgan fingerprint density at radius 1 is 1.24 bits per heavy atom. The van der Waals surface area contributed by atoms with Crippen molar-refractivity contribution in [1.29, 1.82) is 0 Å². The molecule has 0 aliphatic carbocycles. The Labute approximate surface area is 174 Å². The lowest BCUT2D eigenvalue weighted by Gasteiger charge is -2.09. The van der Waals surface area contributed by atoms with Gasteiger partial charge >= 0.3 is 0 Å². The van der Waals surface area contributed by atoms with E-state index in [0.717, 1.165) is 23.4 Å². The van der Waals surface area contributed by atoms with Crippen LogP contribution in [-0.4, -0.2) is 39.8 Å². The molecule has 0 spiro atoms. The van der Waals surface area contributed by atoms with Gasteiger partial charge in [-0.2, -0.15) is 0 Å². The zero-order chi connectivity index (χ0) is 21.0. The molecule has 2 aromatic heterocycles. The summed E-state index contributed by atoms with van der Waals surface area (Å²) >= 11 is 5.99. The normalized spacial score (nSPS) is 11.2. The molecule has 0 saturated carbocycles. The Morgan fingerprint density at radius 2 is 1.97 bits per heavy atom. The molecule has 154 valence electrons. The van der Waals surface area contributed by atoms with Crippen molar-refractivity contribution in [2.24, 2.45) is 0 Å². The van der Waals surface area contributed by atoms with Gasteiger partial charge in [-0.05, 0) is 57.0 Å². The number of rotatable bonds is 8. The highest BCUT2D eigenvalue weighted by atomic mass is 35.5. The third-order valence-corrected chi connectivity index (χ3v) is 5.13. The third-order valence-electron chi connectivity index (χ3n) is 4.87. The van der Waals surface area contributed by atoms with E-state index in [0.29, 0.717) is 35.8 Å². The molecule has 0 aliphatic heterocycles. The SMILES string of the molecule is CCOCCCNC(=O)Cn1cnc2c(c(C)c(C)n2-c2ccc(Cl)cc2)c1=O. The van der Waals surface area contributed by atoms with E-state index in [-0.39, 0.29) is 18.0 Å². The van der Waals surface area contributed by atoms with Gasteiger partial charge in [0.25, 0.3) is 5.56 Å². The van der Waals surface area contributed by atoms with Crippen LogP contribution < -0.4 is 10.9 Å². The molecule has 0 atom stereocenters. The van der Waals surface area contributed by atoms with Gasteiger partial charge < -0.3 is 10.1 Å². The van der Waals surface area contributed by atoms with E-state index in [9.17, 15) is 9.59 Å². The number of carbonyl (C=O) groups excluding carboxylic acids is 1. The van der Waals surface area contributed by atoms with Crippen molar-refractivity contribution in [3.05, 3.63) is 57.2 Å². The first-order valence-electron chi connectivity index (χ1n) is 9.61. The molecule has 2 heterocycles. The van der Waals surface area contributed by atoms with Gasteiger partial charge in [-0.1, -0.05) is 11.6 Å². The summed E-state index contributed by atoms with van der Waals surface area (Å²) in [6, 6.07) is 7.37. The molecule has 0 saturated heterocycles. The van der Waals surface area contributed by atoms with Gasteiger partial charge in [0.1, 0.15) is 12.9 Å². The molecule has 3 aromatic rings. The molecule has 0 unspecified atom stereocenters. The number of halogens is 1. The minimum Gasteiger partial charge on any atom is -0.382 e. The van der Waals surface area contributed by atoms with Crippen molar-refractivity contribution in [2.45, 2.75) is 33.7 Å². The molecule has 29 heavy (non-hydrogen) atoms. The highest BCUT2D eigenvalue weighted by molar-refractivity contribution is 6.30. The van der Waals surface area contributed by atoms with Gasteiger partial charge in [0.15, 0.2) is 5.65 Å². The molecule has 0 aliphatic rings. The van der Waals surface area contributed by atoms with Crippen LogP contribution in [0.15, 0.2) is 35.4 Å². The summed E-state index contributed by atoms with van der Waals surface area (Å²) in [6.45, 7) is 7.46. The first-order chi connectivity index (χ1) is 13.9. The van der Waals surface area contributed by atoms with Gasteiger partial charge in [-0.3, -0.25) is 18.7 Å². The maximum atomic E-state index is 13.0. The Morgan fingerprint density at radius 3 is 2.66 bits per heavy atom. The maximum Gasteiger partial charge on any atom is 0.263 e. The lowest BCUT2D eigenvalue weighted by molar-refractivity contribution is -0.121. The van der Waals surface area contributed by atoms with Gasteiger partial charge in [-0.25, -0.2) is 4.98 Å². The van der Waals surface area contributed by atoms with Crippen LogP contribution >= 0.6 is 11.6 Å². The van der Waals surface area contributed by atoms with Crippen molar-refractivity contribution in [3.8, 4) is 5.69 Å². The van der Waals surface area contributed by atoms with E-state index in [1.165, 1.54) is 10.9 Å². The average Bonchev–Trinajstić information content (AvgIpc) is 2.96. The van der Waals surface area contributed by atoms with Crippen LogP contribution in [0.1, 0.15) is 24.6 Å². The molecule has 8 heteroatoms. The molecular formula is C21H25ClN4O3. The number of nitrogens with one attached hydrogen (secondary N) is 1. The minimum absolute atomic E-state index is 0.0684. The van der Waals surface area contributed by atoms with Crippen molar-refractivity contribution in [1.82, 2.24) is 19.4 Å². The Balaban J connectivity index is 1.87. The number of carbonyl (C=O) groups is 1. The third kappa shape index (κ3) is 4.52. The molecule has 0 bridgehead atoms. The van der Waals surface area contributed by atoms with E-state index < -0.39 is 0 Å². The number of aromatic nitrogens is 3. The van der Waals surface area contributed by atoms with Crippen molar-refractivity contribution in [3.63, 3.8) is 0 Å². The quantitative estimate of drug-likeness (QED) is 0.572. The van der Waals surface area contributed by atoms with Crippen LogP contribution in [0.2, 0.25) is 5.02 Å². The van der Waals surface area contributed by atoms with Crippen LogP contribution in [0.4, 0.5) is 0 Å². The first kappa shape index (κ1) is 21.1. The van der Waals surface area contributed by atoms with E-state index in [1.54, 1.807) is 12.1 Å². The van der Waals surface area contributed by atoms with E-state index in [2.05, 4.69) is 10.3 Å². The predicted octanol–water partition coefficient (Wildman–Crippen LogP) is 3.00. The van der Waals surface area contributed by atoms with Crippen LogP contribution in [0.3, 0.4) is 0 Å². The Hall–Kier alpha value is -2.64. The second-order valence-electron chi connectivity index (χ2n) is 6.80. The lowest BCUT2D eigenvalue weighted by atomic mass is 10.2. The zero-order valence-electron chi connectivity index (χ0n) is 16.9. The highest BCUT2D eigenvalue weighted by Gasteiger charge is 2.18. The fourth-order valence-corrected chi connectivity index (χ4v) is 3.39. The minimum atomic E-state index is -0.229. The number of benzene rings is 1. The molecule has 7 nitrogen and oxygen atoms in total. The summed E-state index contributed by atoms with van der Waals surface area (Å²) in [4.78, 5) is 29.7. The van der Waals surface area contributed by atoms with Crippen molar-refractivity contribution < 1.29 is 9.53 Å². The number of nitrogens with zero attached hydrogens (tertiary/aromatic N) is 3. The zero-order valence-corrected chi connectivity index (χ0v) is 17.6. The molecule has 3 rings (SSSR count). The average molecular weight is 417 g/mol. The summed E-state index contributed by atoms with van der Waals surface area (Å²) in [5.41, 5.74) is 2.99. The fraction of sp³-hybridized carbons (Fsp3) is 0.381. The maximum absolute atomic E-state index is 13.0. The first-order valence-corrected chi connectivity index (χ1v) is 9.99. The fourth-order valence-electron chi connectivity index (χ4n) is 3.26. The number of hydrogen-bond donors (Lipinski definition) is 1. The number of aryl methyl sites for hydroxylation is 1. The summed E-state index contributed by atoms with van der Waals surface area (Å²) in [6.07, 6.45) is 2.16. The second-order valence-corrected chi connectivity index (χ2v) is 7.24. The number of amides is 1. The van der Waals surface area contributed by atoms with Crippen molar-refractivity contribution in [2.75, 3.05) is 19.8 Å². The van der Waals surface area contributed by atoms with E-state index >= 15 is 0 Å². The Bertz CT molecular complexity index is 1070. The van der Waals surface area contributed by atoms with Crippen LogP contribution in [0.5, 0.6) is 0 Å². The van der Waals surface area contributed by atoms with Crippen LogP contribution in [0.25, 0.3) is 16.7 Å². The van der Waals surface area contributed by atoms with Gasteiger partial charge in [0, 0.05) is 36.2 Å². The largest absolute Gasteiger partial charge is 0.382 e. The summed E-state index contributed by atoms with van der Waals surface area (Å²) < 4.78 is 8.52. The van der Waals surface area contributed by atoms with Gasteiger partial charge in [0.05, 0.1) is 5.39 Å². The summed E-state index contributed by atoms with van der Waals surface area (Å²) in [5.74, 6) is -0.226. The summed E-state index contributed by atoms with van der Waals surface area (Å²) in [7, 11) is 0. The molecule has 1 aromatic carbocycles. The van der Waals surface area contributed by atoms with Crippen LogP contribution in [-0.2, 0) is 16.1 Å². The molecule has 1 N–H and O–H groups in total. The highest BCUT2D eigenvalue weighted by Crippen LogP contribution is 2.25. The van der Waals surface area contributed by atoms with Gasteiger partial charge in [-0.15, -0.1) is 0 Å². The molecule has 0 radical (unpaired) electrons. The monoisotopic (exact) mass is 416 g/mol. The lowest BCUT2D eigenvalue weighted by Crippen LogP contribution is -2.33. The van der Waals surface area contributed by atoms with Crippen molar-refractivity contribution >= 4 is 28.5 Å². The van der Waals surface area contributed by atoms with E-state index in [1.807, 2.05) is 37.5 Å². The topological polar surface area (TPSA) is 78.2 Å². The van der Waals surface area contributed by atoms with Gasteiger partial charge in [0.2, 0.25) is 5.91 Å². The Kier molecular flexibility index (Phi) is 6.71. The molecular weight excluding hydrogens is 392 g/mol. The predicted molar refractivity (Wildman–Crippen MR) is 114 cm³/mol. The number of hydrogen-bond acceptors (Lipinski definition) is 4.